The minimum absolute atomic E-state index is 0.0104. The number of allylic oxidation sites excluding steroid dienone is 1. The van der Waals surface area contributed by atoms with Gasteiger partial charge in [-0.2, -0.15) is 0 Å². The molecular formula is C33H47N5O7. The molecular weight excluding hydrogens is 578 g/mol. The Morgan fingerprint density at radius 1 is 1.09 bits per heavy atom. The van der Waals surface area contributed by atoms with Crippen LogP contribution in [0.15, 0.2) is 42.5 Å². The number of alkyl carbamates (subject to hydrolysis) is 1. The molecule has 0 radical (unpaired) electrons. The summed E-state index contributed by atoms with van der Waals surface area (Å²) >= 11 is 0. The van der Waals surface area contributed by atoms with Crippen molar-refractivity contribution < 1.29 is 33.8 Å². The van der Waals surface area contributed by atoms with Crippen LogP contribution in [0, 0.1) is 5.92 Å². The first kappa shape index (κ1) is 34.0. The standard InChI is InChI=1S/C33H47N5O7/c1-32(2,3)45-31(44)36-25-15-11-6-4-5-10-14-23-19-33(23,37-28(41)26-18-24(39)21-38(26)29(25)42)30(43)34-17-16-27(40)35-20-22-12-8-7-9-13-22/h7-10,12-14,23-26,39H,4-6,11,15-21H2,1-3H3,(H,34,43)(H,35,40)(H,36,44)(H,37,41)/t23-,24-,25+,26+,33-/m1/s1. The molecule has 4 rings (SSSR count). The van der Waals surface area contributed by atoms with Crippen molar-refractivity contribution in [2.45, 2.75) is 108 Å². The summed E-state index contributed by atoms with van der Waals surface area (Å²) in [7, 11) is 0. The Bertz CT molecular complexity index is 1260. The summed E-state index contributed by atoms with van der Waals surface area (Å²) < 4.78 is 5.38. The van der Waals surface area contributed by atoms with E-state index in [4.69, 9.17) is 4.74 Å². The second kappa shape index (κ2) is 14.9. The van der Waals surface area contributed by atoms with Crippen LogP contribution >= 0.6 is 0 Å². The molecule has 3 aliphatic rings. The van der Waals surface area contributed by atoms with Gasteiger partial charge >= 0.3 is 6.09 Å². The number of benzene rings is 1. The van der Waals surface area contributed by atoms with E-state index in [1.807, 2.05) is 42.5 Å². The van der Waals surface area contributed by atoms with E-state index in [0.29, 0.717) is 25.8 Å². The average molecular weight is 626 g/mol. The lowest BCUT2D eigenvalue weighted by molar-refractivity contribution is -0.141. The van der Waals surface area contributed by atoms with Gasteiger partial charge in [-0.25, -0.2) is 4.79 Å². The topological polar surface area (TPSA) is 166 Å². The summed E-state index contributed by atoms with van der Waals surface area (Å²) in [6, 6.07) is 7.57. The fourth-order valence-corrected chi connectivity index (χ4v) is 5.88. The fourth-order valence-electron chi connectivity index (χ4n) is 5.88. The molecule has 2 heterocycles. The van der Waals surface area contributed by atoms with Crippen LogP contribution in [0.2, 0.25) is 0 Å². The highest BCUT2D eigenvalue weighted by atomic mass is 16.6. The molecule has 0 unspecified atom stereocenters. The van der Waals surface area contributed by atoms with E-state index in [2.05, 4.69) is 21.3 Å². The molecule has 1 saturated heterocycles. The molecule has 1 aromatic rings. The lowest BCUT2D eigenvalue weighted by atomic mass is 10.0. The van der Waals surface area contributed by atoms with Crippen LogP contribution in [0.25, 0.3) is 0 Å². The maximum atomic E-state index is 13.7. The number of rotatable bonds is 7. The minimum atomic E-state index is -1.22. The average Bonchev–Trinajstić information content (AvgIpc) is 3.53. The summed E-state index contributed by atoms with van der Waals surface area (Å²) in [5.41, 5.74) is -1.01. The third-order valence-electron chi connectivity index (χ3n) is 8.32. The Balaban J connectivity index is 1.43. The third kappa shape index (κ3) is 9.53. The Morgan fingerprint density at radius 3 is 2.58 bits per heavy atom. The van der Waals surface area contributed by atoms with Crippen molar-refractivity contribution in [2.24, 2.45) is 5.92 Å². The van der Waals surface area contributed by atoms with Gasteiger partial charge in [-0.1, -0.05) is 55.3 Å². The quantitative estimate of drug-likeness (QED) is 0.289. The molecule has 0 bridgehead atoms. The fraction of sp³-hybridized carbons (Fsp3) is 0.606. The highest BCUT2D eigenvalue weighted by Gasteiger charge is 2.60. The maximum absolute atomic E-state index is 13.7. The van der Waals surface area contributed by atoms with Crippen LogP contribution in [0.5, 0.6) is 0 Å². The predicted molar refractivity (Wildman–Crippen MR) is 166 cm³/mol. The zero-order valence-electron chi connectivity index (χ0n) is 26.5. The molecule has 5 N–H and O–H groups in total. The second-order valence-electron chi connectivity index (χ2n) is 13.2. The van der Waals surface area contributed by atoms with Gasteiger partial charge in [0, 0.05) is 38.4 Å². The van der Waals surface area contributed by atoms with Crippen molar-refractivity contribution in [3.63, 3.8) is 0 Å². The van der Waals surface area contributed by atoms with Crippen molar-refractivity contribution in [1.29, 1.82) is 0 Å². The number of amides is 5. The number of hydrogen-bond acceptors (Lipinski definition) is 7. The largest absolute Gasteiger partial charge is 0.444 e. The van der Waals surface area contributed by atoms with Gasteiger partial charge in [0.2, 0.25) is 23.6 Å². The summed E-state index contributed by atoms with van der Waals surface area (Å²) in [6.45, 7) is 5.61. The highest BCUT2D eigenvalue weighted by Crippen LogP contribution is 2.45. The monoisotopic (exact) mass is 625 g/mol. The number of carbonyl (C=O) groups is 5. The normalized spacial score (nSPS) is 27.2. The zero-order chi connectivity index (χ0) is 32.6. The molecule has 1 aromatic carbocycles. The van der Waals surface area contributed by atoms with Crippen molar-refractivity contribution in [2.75, 3.05) is 13.1 Å². The molecule has 45 heavy (non-hydrogen) atoms. The Hall–Kier alpha value is -3.93. The van der Waals surface area contributed by atoms with Gasteiger partial charge < -0.3 is 36.0 Å². The van der Waals surface area contributed by atoms with Gasteiger partial charge in [-0.15, -0.1) is 0 Å². The van der Waals surface area contributed by atoms with Gasteiger partial charge in [0.05, 0.1) is 6.10 Å². The van der Waals surface area contributed by atoms with Gasteiger partial charge in [0.1, 0.15) is 23.2 Å². The number of aliphatic hydroxyl groups excluding tert-OH is 1. The molecule has 2 fully saturated rings. The summed E-state index contributed by atoms with van der Waals surface area (Å²) in [4.78, 5) is 67.2. The molecule has 5 atom stereocenters. The lowest BCUT2D eigenvalue weighted by Gasteiger charge is -2.30. The van der Waals surface area contributed by atoms with Gasteiger partial charge in [-0.3, -0.25) is 19.2 Å². The van der Waals surface area contributed by atoms with Crippen LogP contribution in [-0.4, -0.2) is 82.1 Å². The van der Waals surface area contributed by atoms with Gasteiger partial charge in [0.25, 0.3) is 0 Å². The van der Waals surface area contributed by atoms with Crippen molar-refractivity contribution in [3.8, 4) is 0 Å². The Morgan fingerprint density at radius 2 is 1.84 bits per heavy atom. The first-order chi connectivity index (χ1) is 21.4. The number of hydrogen-bond donors (Lipinski definition) is 5. The van der Waals surface area contributed by atoms with Crippen LogP contribution in [0.3, 0.4) is 0 Å². The lowest BCUT2D eigenvalue weighted by Crippen LogP contribution is -2.58. The van der Waals surface area contributed by atoms with Crippen molar-refractivity contribution in [3.05, 3.63) is 48.0 Å². The van der Waals surface area contributed by atoms with E-state index >= 15 is 0 Å². The molecule has 1 saturated carbocycles. The Kier molecular flexibility index (Phi) is 11.2. The molecule has 1 aliphatic carbocycles. The van der Waals surface area contributed by atoms with Crippen molar-refractivity contribution in [1.82, 2.24) is 26.2 Å². The van der Waals surface area contributed by atoms with E-state index < -0.39 is 53.1 Å². The summed E-state index contributed by atoms with van der Waals surface area (Å²) in [6.07, 6.45) is 6.23. The van der Waals surface area contributed by atoms with E-state index in [1.54, 1.807) is 20.8 Å². The predicted octanol–water partition coefficient (Wildman–Crippen LogP) is 2.06. The van der Waals surface area contributed by atoms with Crippen LogP contribution in [-0.2, 0) is 30.5 Å². The Labute approximate surface area is 264 Å². The first-order valence-electron chi connectivity index (χ1n) is 15.9. The van der Waals surface area contributed by atoms with E-state index in [0.717, 1.165) is 24.8 Å². The number of aliphatic hydroxyl groups is 1. The maximum Gasteiger partial charge on any atom is 0.408 e. The number of nitrogens with one attached hydrogen (secondary N) is 4. The summed E-state index contributed by atoms with van der Waals surface area (Å²) in [5.74, 6) is -1.86. The van der Waals surface area contributed by atoms with Gasteiger partial charge in [-0.05, 0) is 52.0 Å². The van der Waals surface area contributed by atoms with Crippen molar-refractivity contribution >= 4 is 29.7 Å². The van der Waals surface area contributed by atoms with Gasteiger partial charge in [0.15, 0.2) is 0 Å². The zero-order valence-corrected chi connectivity index (χ0v) is 26.5. The molecule has 2 aliphatic heterocycles. The molecule has 0 aromatic heterocycles. The molecule has 12 heteroatoms. The molecule has 246 valence electrons. The minimum Gasteiger partial charge on any atom is -0.444 e. The molecule has 0 spiro atoms. The number of nitrogens with zero attached hydrogens (tertiary/aromatic N) is 1. The van der Waals surface area contributed by atoms with E-state index in [1.165, 1.54) is 4.90 Å². The third-order valence-corrected chi connectivity index (χ3v) is 8.32. The number of ether oxygens (including phenoxy) is 1. The first-order valence-corrected chi connectivity index (χ1v) is 15.9. The summed E-state index contributed by atoms with van der Waals surface area (Å²) in [5, 5.41) is 21.7. The molecule has 12 nitrogen and oxygen atoms in total. The smallest absolute Gasteiger partial charge is 0.408 e. The van der Waals surface area contributed by atoms with Crippen LogP contribution in [0.1, 0.15) is 77.7 Å². The number of carbonyl (C=O) groups excluding carboxylic acids is 5. The van der Waals surface area contributed by atoms with E-state index in [-0.39, 0.29) is 37.8 Å². The highest BCUT2D eigenvalue weighted by molar-refractivity contribution is 5.98. The van der Waals surface area contributed by atoms with Crippen LogP contribution < -0.4 is 21.3 Å². The number of fused-ring (bicyclic) bond motifs is 2. The van der Waals surface area contributed by atoms with E-state index in [9.17, 15) is 29.1 Å². The molecule has 5 amide bonds. The van der Waals surface area contributed by atoms with Crippen LogP contribution in [0.4, 0.5) is 4.79 Å². The second-order valence-corrected chi connectivity index (χ2v) is 13.2. The SMILES string of the molecule is CC(C)(C)OC(=O)N[C@H]1CCCCCC=C[C@@H]2C[C@@]2(C(=O)NCCC(=O)NCc2ccccc2)NC(=O)[C@@H]2C[C@@H](O)CN2C1=O.